The number of halogens is 1. The Hall–Kier alpha value is -1.67. The Bertz CT molecular complexity index is 745. The minimum Gasteiger partial charge on any atom is -0.381 e. The lowest BCUT2D eigenvalue weighted by molar-refractivity contribution is 0.156. The molecule has 1 atom stereocenters. The van der Waals surface area contributed by atoms with E-state index in [-0.39, 0.29) is 22.6 Å². The van der Waals surface area contributed by atoms with Crippen LogP contribution in [0.5, 0.6) is 0 Å². The van der Waals surface area contributed by atoms with Gasteiger partial charge in [0.1, 0.15) is 10.7 Å². The molecule has 6 nitrogen and oxygen atoms in total. The second-order valence-corrected chi connectivity index (χ2v) is 8.77. The molecule has 1 spiro atoms. The van der Waals surface area contributed by atoms with Gasteiger partial charge in [-0.05, 0) is 25.0 Å². The Balaban J connectivity index is 1.56. The van der Waals surface area contributed by atoms with Crippen LogP contribution in [0.15, 0.2) is 34.2 Å². The van der Waals surface area contributed by atoms with Gasteiger partial charge in [-0.2, -0.15) is 0 Å². The van der Waals surface area contributed by atoms with Crippen molar-refractivity contribution in [3.05, 3.63) is 30.1 Å². The number of benzene rings is 1. The maximum Gasteiger partial charge on any atom is 0.193 e. The molecule has 0 aliphatic carbocycles. The molecule has 2 aliphatic rings. The molecule has 1 unspecified atom stereocenters. The van der Waals surface area contributed by atoms with Crippen molar-refractivity contribution < 1.29 is 17.5 Å². The van der Waals surface area contributed by atoms with Crippen molar-refractivity contribution >= 4 is 15.8 Å². The molecular formula is C17H24FN3O3S. The molecule has 0 radical (unpaired) electrons. The van der Waals surface area contributed by atoms with E-state index in [1.807, 2.05) is 0 Å². The summed E-state index contributed by atoms with van der Waals surface area (Å²) in [5, 5.41) is 3.10. The Morgan fingerprint density at radius 3 is 2.88 bits per heavy atom. The summed E-state index contributed by atoms with van der Waals surface area (Å²) in [6, 6.07) is 5.45. The zero-order valence-corrected chi connectivity index (χ0v) is 15.2. The van der Waals surface area contributed by atoms with Gasteiger partial charge in [0, 0.05) is 38.7 Å². The summed E-state index contributed by atoms with van der Waals surface area (Å²) < 4.78 is 43.8. The van der Waals surface area contributed by atoms with Gasteiger partial charge in [-0.1, -0.05) is 12.1 Å². The lowest BCUT2D eigenvalue weighted by Crippen LogP contribution is -2.43. The number of nitrogens with zero attached hydrogens (tertiary/aromatic N) is 2. The first-order chi connectivity index (χ1) is 12.0. The third kappa shape index (κ3) is 3.95. The minimum absolute atomic E-state index is 0.184. The van der Waals surface area contributed by atoms with E-state index in [0.717, 1.165) is 45.2 Å². The first-order valence-corrected chi connectivity index (χ1v) is 10.1. The summed E-state index contributed by atoms with van der Waals surface area (Å²) in [6.45, 7) is 3.52. The Morgan fingerprint density at radius 2 is 2.20 bits per heavy atom. The highest BCUT2D eigenvalue weighted by molar-refractivity contribution is 7.91. The fourth-order valence-corrected chi connectivity index (χ4v) is 4.77. The van der Waals surface area contributed by atoms with Crippen LogP contribution in [0.1, 0.15) is 12.8 Å². The van der Waals surface area contributed by atoms with Crippen LogP contribution in [0.2, 0.25) is 0 Å². The highest BCUT2D eigenvalue weighted by atomic mass is 32.2. The van der Waals surface area contributed by atoms with E-state index in [4.69, 9.17) is 4.74 Å². The second kappa shape index (κ2) is 7.29. The number of rotatable bonds is 4. The normalized spacial score (nSPS) is 24.2. The van der Waals surface area contributed by atoms with Crippen LogP contribution in [0.3, 0.4) is 0 Å². The largest absolute Gasteiger partial charge is 0.381 e. The molecule has 2 fully saturated rings. The van der Waals surface area contributed by atoms with E-state index in [2.05, 4.69) is 15.2 Å². The van der Waals surface area contributed by atoms with Gasteiger partial charge in [-0.15, -0.1) is 0 Å². The van der Waals surface area contributed by atoms with E-state index in [9.17, 15) is 12.8 Å². The van der Waals surface area contributed by atoms with Gasteiger partial charge in [-0.3, -0.25) is 4.99 Å². The molecule has 1 aromatic rings. The summed E-state index contributed by atoms with van der Waals surface area (Å²) in [4.78, 5) is 6.14. The van der Waals surface area contributed by atoms with Crippen molar-refractivity contribution in [3.63, 3.8) is 0 Å². The van der Waals surface area contributed by atoms with Crippen molar-refractivity contribution in [2.45, 2.75) is 17.7 Å². The number of hydrogen-bond acceptors (Lipinski definition) is 4. The van der Waals surface area contributed by atoms with Crippen LogP contribution in [0.4, 0.5) is 4.39 Å². The van der Waals surface area contributed by atoms with E-state index in [1.165, 1.54) is 18.2 Å². The molecule has 2 aliphatic heterocycles. The highest BCUT2D eigenvalue weighted by Crippen LogP contribution is 2.38. The Kier molecular flexibility index (Phi) is 5.29. The lowest BCUT2D eigenvalue weighted by Gasteiger charge is -2.24. The SMILES string of the molecule is CN=C(NCCS(=O)(=O)c1ccccc1F)N1CCC2(CCOC2)C1. The van der Waals surface area contributed by atoms with Gasteiger partial charge in [0.05, 0.1) is 12.4 Å². The summed E-state index contributed by atoms with van der Waals surface area (Å²) in [5.41, 5.74) is 0.205. The lowest BCUT2D eigenvalue weighted by atomic mass is 9.87. The highest BCUT2D eigenvalue weighted by Gasteiger charge is 2.42. The number of sulfone groups is 1. The van der Waals surface area contributed by atoms with Gasteiger partial charge in [0.2, 0.25) is 0 Å². The molecule has 1 N–H and O–H groups in total. The summed E-state index contributed by atoms with van der Waals surface area (Å²) in [7, 11) is -1.99. The molecule has 2 heterocycles. The Labute approximate surface area is 148 Å². The molecule has 0 amide bonds. The van der Waals surface area contributed by atoms with Crippen LogP contribution < -0.4 is 5.32 Å². The average Bonchev–Trinajstić information content (AvgIpc) is 3.22. The van der Waals surface area contributed by atoms with Crippen LogP contribution in [0, 0.1) is 11.2 Å². The van der Waals surface area contributed by atoms with Gasteiger partial charge in [-0.25, -0.2) is 12.8 Å². The van der Waals surface area contributed by atoms with E-state index >= 15 is 0 Å². The number of guanidine groups is 1. The fourth-order valence-electron chi connectivity index (χ4n) is 3.52. The fraction of sp³-hybridized carbons (Fsp3) is 0.588. The Morgan fingerprint density at radius 1 is 1.40 bits per heavy atom. The number of likely N-dealkylation sites (tertiary alicyclic amines) is 1. The third-order valence-electron chi connectivity index (χ3n) is 4.96. The molecule has 0 saturated carbocycles. The summed E-state index contributed by atoms with van der Waals surface area (Å²) >= 11 is 0. The van der Waals surface area contributed by atoms with Crippen LogP contribution in [0.25, 0.3) is 0 Å². The van der Waals surface area contributed by atoms with Crippen LogP contribution >= 0.6 is 0 Å². The zero-order valence-electron chi connectivity index (χ0n) is 14.4. The predicted molar refractivity (Wildman–Crippen MR) is 93.9 cm³/mol. The van der Waals surface area contributed by atoms with E-state index < -0.39 is 15.7 Å². The first kappa shape index (κ1) is 18.1. The average molecular weight is 369 g/mol. The molecular weight excluding hydrogens is 345 g/mol. The number of hydrogen-bond donors (Lipinski definition) is 1. The van der Waals surface area contributed by atoms with E-state index in [0.29, 0.717) is 5.96 Å². The monoisotopic (exact) mass is 369 g/mol. The van der Waals surface area contributed by atoms with Crippen molar-refractivity contribution in [1.29, 1.82) is 0 Å². The molecule has 1 aromatic carbocycles. The smallest absolute Gasteiger partial charge is 0.193 e. The predicted octanol–water partition coefficient (Wildman–Crippen LogP) is 1.29. The summed E-state index contributed by atoms with van der Waals surface area (Å²) in [6.07, 6.45) is 2.11. The number of ether oxygens (including phenoxy) is 1. The quantitative estimate of drug-likeness (QED) is 0.640. The van der Waals surface area contributed by atoms with Gasteiger partial charge in [0.15, 0.2) is 15.8 Å². The van der Waals surface area contributed by atoms with Crippen LogP contribution in [-0.4, -0.2) is 64.9 Å². The second-order valence-electron chi connectivity index (χ2n) is 6.70. The number of aliphatic imine (C=N–C) groups is 1. The van der Waals surface area contributed by atoms with Crippen LogP contribution in [-0.2, 0) is 14.6 Å². The topological polar surface area (TPSA) is 71.0 Å². The summed E-state index contributed by atoms with van der Waals surface area (Å²) in [5.74, 6) is -0.211. The van der Waals surface area contributed by atoms with Gasteiger partial charge in [0.25, 0.3) is 0 Å². The molecule has 8 heteroatoms. The van der Waals surface area contributed by atoms with Crippen molar-refractivity contribution in [1.82, 2.24) is 10.2 Å². The van der Waals surface area contributed by atoms with E-state index in [1.54, 1.807) is 7.05 Å². The van der Waals surface area contributed by atoms with Crippen molar-refractivity contribution in [3.8, 4) is 0 Å². The number of nitrogens with one attached hydrogen (secondary N) is 1. The molecule has 138 valence electrons. The van der Waals surface area contributed by atoms with Gasteiger partial charge >= 0.3 is 0 Å². The molecule has 0 aromatic heterocycles. The van der Waals surface area contributed by atoms with Gasteiger partial charge < -0.3 is 15.0 Å². The maximum absolute atomic E-state index is 13.7. The molecule has 2 saturated heterocycles. The molecule has 0 bridgehead atoms. The van der Waals surface area contributed by atoms with Crippen molar-refractivity contribution in [2.24, 2.45) is 10.4 Å². The molecule has 3 rings (SSSR count). The van der Waals surface area contributed by atoms with Crippen molar-refractivity contribution in [2.75, 3.05) is 45.6 Å². The zero-order chi connectivity index (χ0) is 17.9. The maximum atomic E-state index is 13.7. The minimum atomic E-state index is -3.67. The first-order valence-electron chi connectivity index (χ1n) is 8.46. The third-order valence-corrected chi connectivity index (χ3v) is 6.70. The molecule has 25 heavy (non-hydrogen) atoms. The standard InChI is InChI=1S/C17H24FN3O3S/c1-19-16(21-9-6-17(12-21)7-10-24-13-17)20-8-11-25(22,23)15-5-3-2-4-14(15)18/h2-5H,6-13H2,1H3,(H,19,20).